The summed E-state index contributed by atoms with van der Waals surface area (Å²) in [6.07, 6.45) is 2.84. The molecule has 0 saturated heterocycles. The zero-order chi connectivity index (χ0) is 18.6. The molecule has 1 heterocycles. The summed E-state index contributed by atoms with van der Waals surface area (Å²) in [5, 5.41) is 2.85. The molecule has 1 aromatic heterocycles. The van der Waals surface area contributed by atoms with E-state index in [1.54, 1.807) is 24.2 Å². The summed E-state index contributed by atoms with van der Waals surface area (Å²) in [5.41, 5.74) is 2.87. The first-order chi connectivity index (χ1) is 12.4. The summed E-state index contributed by atoms with van der Waals surface area (Å²) in [7, 11) is 0. The standard InChI is InChI=1S/C20H21N3O2S/c1-20(2,3)25-19(24)23-16-10-9-15-17(22-12-11-21-15)18(16)26-13-14-7-5-4-6-8-14/h4-12H,13H2,1-3H3,(H,23,24). The fourth-order valence-electron chi connectivity index (χ4n) is 2.40. The molecule has 0 aliphatic heterocycles. The van der Waals surface area contributed by atoms with Crippen molar-refractivity contribution in [3.63, 3.8) is 0 Å². The molecule has 0 aliphatic rings. The van der Waals surface area contributed by atoms with E-state index in [0.717, 1.165) is 21.7 Å². The first-order valence-corrected chi connectivity index (χ1v) is 9.31. The van der Waals surface area contributed by atoms with Crippen LogP contribution in [0.4, 0.5) is 10.5 Å². The Hall–Kier alpha value is -2.60. The Balaban J connectivity index is 1.90. The molecule has 3 aromatic rings. The summed E-state index contributed by atoms with van der Waals surface area (Å²) in [5.74, 6) is 0.763. The Morgan fingerprint density at radius 2 is 1.81 bits per heavy atom. The molecule has 0 saturated carbocycles. The number of hydrogen-bond donors (Lipinski definition) is 1. The lowest BCUT2D eigenvalue weighted by Crippen LogP contribution is -2.27. The molecule has 6 heteroatoms. The number of thioether (sulfide) groups is 1. The Labute approximate surface area is 157 Å². The number of hydrogen-bond acceptors (Lipinski definition) is 5. The molecule has 0 spiro atoms. The van der Waals surface area contributed by atoms with Crippen LogP contribution in [0.2, 0.25) is 0 Å². The van der Waals surface area contributed by atoms with E-state index >= 15 is 0 Å². The van der Waals surface area contributed by atoms with Crippen LogP contribution in [-0.2, 0) is 10.5 Å². The third-order valence-electron chi connectivity index (χ3n) is 3.46. The van der Waals surface area contributed by atoms with E-state index in [0.29, 0.717) is 5.69 Å². The van der Waals surface area contributed by atoms with Gasteiger partial charge in [-0.25, -0.2) is 4.79 Å². The van der Waals surface area contributed by atoms with Gasteiger partial charge in [-0.2, -0.15) is 0 Å². The third kappa shape index (κ3) is 4.73. The van der Waals surface area contributed by atoms with Crippen LogP contribution in [0.25, 0.3) is 11.0 Å². The number of amides is 1. The van der Waals surface area contributed by atoms with Crippen molar-refractivity contribution < 1.29 is 9.53 Å². The van der Waals surface area contributed by atoms with Crippen LogP contribution in [-0.4, -0.2) is 21.7 Å². The molecular formula is C20H21N3O2S. The Bertz CT molecular complexity index is 908. The van der Waals surface area contributed by atoms with Crippen LogP contribution in [0.15, 0.2) is 59.8 Å². The van der Waals surface area contributed by atoms with Gasteiger partial charge in [0.25, 0.3) is 0 Å². The topological polar surface area (TPSA) is 64.1 Å². The number of carbonyl (C=O) groups excluding carboxylic acids is 1. The van der Waals surface area contributed by atoms with Gasteiger partial charge in [-0.1, -0.05) is 30.3 Å². The predicted molar refractivity (Wildman–Crippen MR) is 105 cm³/mol. The molecule has 3 rings (SSSR count). The molecule has 0 radical (unpaired) electrons. The average molecular weight is 367 g/mol. The summed E-state index contributed by atoms with van der Waals surface area (Å²) < 4.78 is 5.38. The normalized spacial score (nSPS) is 11.3. The van der Waals surface area contributed by atoms with E-state index in [9.17, 15) is 4.79 Å². The molecule has 134 valence electrons. The minimum Gasteiger partial charge on any atom is -0.444 e. The van der Waals surface area contributed by atoms with Crippen molar-refractivity contribution in [1.82, 2.24) is 9.97 Å². The lowest BCUT2D eigenvalue weighted by Gasteiger charge is -2.20. The summed E-state index contributed by atoms with van der Waals surface area (Å²) in [6, 6.07) is 13.9. The van der Waals surface area contributed by atoms with Gasteiger partial charge in [0.05, 0.1) is 16.1 Å². The number of carbonyl (C=O) groups is 1. The molecule has 1 amide bonds. The van der Waals surface area contributed by atoms with Crippen LogP contribution >= 0.6 is 11.8 Å². The zero-order valence-corrected chi connectivity index (χ0v) is 15.8. The highest BCUT2D eigenvalue weighted by atomic mass is 32.2. The van der Waals surface area contributed by atoms with Crippen molar-refractivity contribution in [3.05, 3.63) is 60.4 Å². The van der Waals surface area contributed by atoms with Gasteiger partial charge in [-0.3, -0.25) is 15.3 Å². The van der Waals surface area contributed by atoms with Crippen LogP contribution in [0.5, 0.6) is 0 Å². The first-order valence-electron chi connectivity index (χ1n) is 8.33. The second-order valence-corrected chi connectivity index (χ2v) is 7.75. The second-order valence-electron chi connectivity index (χ2n) is 6.77. The fraction of sp³-hybridized carbons (Fsp3) is 0.250. The van der Waals surface area contributed by atoms with E-state index in [1.165, 1.54) is 5.56 Å². The largest absolute Gasteiger partial charge is 0.444 e. The fourth-order valence-corrected chi connectivity index (χ4v) is 3.47. The molecule has 2 aromatic carbocycles. The predicted octanol–water partition coefficient (Wildman–Crippen LogP) is 5.27. The maximum Gasteiger partial charge on any atom is 0.412 e. The van der Waals surface area contributed by atoms with Gasteiger partial charge in [0.15, 0.2) is 0 Å². The lowest BCUT2D eigenvalue weighted by atomic mass is 10.2. The number of ether oxygens (including phenoxy) is 1. The number of anilines is 1. The van der Waals surface area contributed by atoms with E-state index in [-0.39, 0.29) is 0 Å². The van der Waals surface area contributed by atoms with Crippen molar-refractivity contribution >= 4 is 34.6 Å². The van der Waals surface area contributed by atoms with Crippen LogP contribution in [0.3, 0.4) is 0 Å². The van der Waals surface area contributed by atoms with E-state index in [1.807, 2.05) is 51.1 Å². The van der Waals surface area contributed by atoms with Gasteiger partial charge < -0.3 is 4.74 Å². The number of benzene rings is 2. The Morgan fingerprint density at radius 3 is 2.54 bits per heavy atom. The number of nitrogens with zero attached hydrogens (tertiary/aromatic N) is 2. The number of fused-ring (bicyclic) bond motifs is 1. The smallest absolute Gasteiger partial charge is 0.412 e. The average Bonchev–Trinajstić information content (AvgIpc) is 2.60. The van der Waals surface area contributed by atoms with Gasteiger partial charge in [-0.05, 0) is 38.5 Å². The Kier molecular flexibility index (Phi) is 5.42. The maximum atomic E-state index is 12.2. The van der Waals surface area contributed by atoms with E-state index < -0.39 is 11.7 Å². The Morgan fingerprint density at radius 1 is 1.08 bits per heavy atom. The van der Waals surface area contributed by atoms with Crippen molar-refractivity contribution in [2.75, 3.05) is 5.32 Å². The van der Waals surface area contributed by atoms with Gasteiger partial charge in [0.2, 0.25) is 0 Å². The molecule has 0 aliphatic carbocycles. The van der Waals surface area contributed by atoms with Crippen LogP contribution in [0, 0.1) is 0 Å². The molecule has 0 unspecified atom stereocenters. The summed E-state index contributed by atoms with van der Waals surface area (Å²) in [6.45, 7) is 5.51. The van der Waals surface area contributed by atoms with Crippen LogP contribution in [0.1, 0.15) is 26.3 Å². The van der Waals surface area contributed by atoms with Gasteiger partial charge in [-0.15, -0.1) is 11.8 Å². The van der Waals surface area contributed by atoms with Gasteiger partial charge in [0.1, 0.15) is 11.1 Å². The minimum atomic E-state index is -0.557. The molecule has 1 N–H and O–H groups in total. The highest BCUT2D eigenvalue weighted by Crippen LogP contribution is 2.35. The first kappa shape index (κ1) is 18.2. The minimum absolute atomic E-state index is 0.484. The molecule has 0 atom stereocenters. The van der Waals surface area contributed by atoms with Crippen molar-refractivity contribution in [2.24, 2.45) is 0 Å². The molecule has 26 heavy (non-hydrogen) atoms. The van der Waals surface area contributed by atoms with E-state index in [4.69, 9.17) is 4.74 Å². The van der Waals surface area contributed by atoms with Crippen LogP contribution < -0.4 is 5.32 Å². The molecule has 0 bridgehead atoms. The maximum absolute atomic E-state index is 12.2. The number of rotatable bonds is 4. The molecule has 0 fully saturated rings. The number of nitrogens with one attached hydrogen (secondary N) is 1. The van der Waals surface area contributed by atoms with E-state index in [2.05, 4.69) is 27.4 Å². The second kappa shape index (κ2) is 7.74. The monoisotopic (exact) mass is 367 g/mol. The number of aromatic nitrogens is 2. The van der Waals surface area contributed by atoms with Crippen molar-refractivity contribution in [3.8, 4) is 0 Å². The highest BCUT2D eigenvalue weighted by molar-refractivity contribution is 7.98. The molecule has 5 nitrogen and oxygen atoms in total. The quantitative estimate of drug-likeness (QED) is 0.637. The summed E-state index contributed by atoms with van der Waals surface area (Å²) >= 11 is 1.62. The molecular weight excluding hydrogens is 346 g/mol. The third-order valence-corrected chi connectivity index (χ3v) is 4.64. The van der Waals surface area contributed by atoms with Gasteiger partial charge in [0, 0.05) is 18.1 Å². The summed E-state index contributed by atoms with van der Waals surface area (Å²) in [4.78, 5) is 21.9. The highest BCUT2D eigenvalue weighted by Gasteiger charge is 2.18. The van der Waals surface area contributed by atoms with Crippen molar-refractivity contribution in [1.29, 1.82) is 0 Å². The lowest BCUT2D eigenvalue weighted by molar-refractivity contribution is 0.0635. The zero-order valence-electron chi connectivity index (χ0n) is 15.0. The SMILES string of the molecule is CC(C)(C)OC(=O)Nc1ccc2nccnc2c1SCc1ccccc1. The van der Waals surface area contributed by atoms with Gasteiger partial charge >= 0.3 is 6.09 Å². The van der Waals surface area contributed by atoms with Crippen molar-refractivity contribution in [2.45, 2.75) is 37.0 Å².